The average Bonchev–Trinajstić information content (AvgIpc) is 2.55. The number of hydrogen-bond donors (Lipinski definition) is 1. The van der Waals surface area contributed by atoms with E-state index in [1.54, 1.807) is 0 Å². The Kier molecular flexibility index (Phi) is 5.17. The monoisotopic (exact) mass is 255 g/mol. The summed E-state index contributed by atoms with van der Waals surface area (Å²) in [6.07, 6.45) is 3.17. The van der Waals surface area contributed by atoms with E-state index in [-0.39, 0.29) is 17.6 Å². The van der Waals surface area contributed by atoms with Gasteiger partial charge in [-0.2, -0.15) is 0 Å². The highest BCUT2D eigenvalue weighted by Gasteiger charge is 2.46. The lowest BCUT2D eigenvalue weighted by Crippen LogP contribution is -2.45. The van der Waals surface area contributed by atoms with Gasteiger partial charge in [0.15, 0.2) is 0 Å². The predicted octanol–water partition coefficient (Wildman–Crippen LogP) is 1.66. The van der Waals surface area contributed by atoms with E-state index in [0.717, 1.165) is 25.8 Å². The van der Waals surface area contributed by atoms with Gasteiger partial charge in [0.1, 0.15) is 0 Å². The molecule has 18 heavy (non-hydrogen) atoms. The number of rotatable bonds is 6. The van der Waals surface area contributed by atoms with Crippen LogP contribution in [0.1, 0.15) is 47.0 Å². The van der Waals surface area contributed by atoms with Gasteiger partial charge in [0.05, 0.1) is 11.7 Å². The molecule has 0 bridgehead atoms. The number of likely N-dealkylation sites (N-methyl/N-ethyl adjacent to an activating group) is 1. The molecule has 1 N–H and O–H groups in total. The van der Waals surface area contributed by atoms with E-state index in [1.807, 2.05) is 11.8 Å². The first-order valence-electron chi connectivity index (χ1n) is 7.11. The maximum atomic E-state index is 12.5. The summed E-state index contributed by atoms with van der Waals surface area (Å²) in [5.74, 6) is 0.261. The van der Waals surface area contributed by atoms with Crippen molar-refractivity contribution in [3.8, 4) is 0 Å². The van der Waals surface area contributed by atoms with Gasteiger partial charge in [0, 0.05) is 12.6 Å². The zero-order chi connectivity index (χ0) is 13.9. The highest BCUT2D eigenvalue weighted by atomic mass is 16.2. The Bertz CT molecular complexity index is 293. The minimum Gasteiger partial charge on any atom is -0.324 e. The summed E-state index contributed by atoms with van der Waals surface area (Å²) < 4.78 is 0. The molecule has 4 nitrogen and oxygen atoms in total. The summed E-state index contributed by atoms with van der Waals surface area (Å²) in [6, 6.07) is 0.384. The maximum absolute atomic E-state index is 12.5. The predicted molar refractivity (Wildman–Crippen MR) is 75.4 cm³/mol. The Labute approximate surface area is 112 Å². The Hall–Kier alpha value is -0.610. The third-order valence-electron chi connectivity index (χ3n) is 4.21. The highest BCUT2D eigenvalue weighted by molar-refractivity contribution is 5.88. The van der Waals surface area contributed by atoms with Crippen molar-refractivity contribution in [2.45, 2.75) is 64.7 Å². The van der Waals surface area contributed by atoms with Crippen molar-refractivity contribution in [2.75, 3.05) is 20.6 Å². The Morgan fingerprint density at radius 3 is 2.50 bits per heavy atom. The number of nitrogens with one attached hydrogen (secondary N) is 1. The van der Waals surface area contributed by atoms with Crippen LogP contribution in [0.15, 0.2) is 0 Å². The SMILES string of the molecule is CCCC1NC(C)(CC)C(=O)N1CC(C)N(C)C. The van der Waals surface area contributed by atoms with Gasteiger partial charge in [-0.05, 0) is 40.8 Å². The molecule has 0 aliphatic carbocycles. The van der Waals surface area contributed by atoms with Crippen molar-refractivity contribution in [1.82, 2.24) is 15.1 Å². The van der Waals surface area contributed by atoms with Gasteiger partial charge >= 0.3 is 0 Å². The van der Waals surface area contributed by atoms with E-state index in [4.69, 9.17) is 0 Å². The van der Waals surface area contributed by atoms with Crippen molar-refractivity contribution in [2.24, 2.45) is 0 Å². The molecule has 1 heterocycles. The van der Waals surface area contributed by atoms with Gasteiger partial charge in [0.25, 0.3) is 0 Å². The molecule has 0 spiro atoms. The molecule has 0 aromatic rings. The molecule has 1 fully saturated rings. The average molecular weight is 255 g/mol. The van der Waals surface area contributed by atoms with Crippen molar-refractivity contribution in [3.05, 3.63) is 0 Å². The Balaban J connectivity index is 2.81. The summed E-state index contributed by atoms with van der Waals surface area (Å²) in [5, 5.41) is 3.52. The summed E-state index contributed by atoms with van der Waals surface area (Å²) in [4.78, 5) is 16.8. The second kappa shape index (κ2) is 6.02. The second-order valence-electron chi connectivity index (χ2n) is 5.90. The first-order chi connectivity index (χ1) is 8.35. The summed E-state index contributed by atoms with van der Waals surface area (Å²) in [5.41, 5.74) is -0.369. The second-order valence-corrected chi connectivity index (χ2v) is 5.90. The molecule has 3 unspecified atom stereocenters. The summed E-state index contributed by atoms with van der Waals surface area (Å²) >= 11 is 0. The van der Waals surface area contributed by atoms with Gasteiger partial charge in [-0.25, -0.2) is 0 Å². The molecule has 1 saturated heterocycles. The van der Waals surface area contributed by atoms with Crippen LogP contribution in [-0.4, -0.2) is 54.1 Å². The molecule has 0 radical (unpaired) electrons. The van der Waals surface area contributed by atoms with Crippen LogP contribution in [0, 0.1) is 0 Å². The normalized spacial score (nSPS) is 30.3. The van der Waals surface area contributed by atoms with Crippen molar-refractivity contribution >= 4 is 5.91 Å². The number of nitrogens with zero attached hydrogens (tertiary/aromatic N) is 2. The molecule has 0 aromatic heterocycles. The van der Waals surface area contributed by atoms with E-state index in [0.29, 0.717) is 6.04 Å². The number of carbonyl (C=O) groups excluding carboxylic acids is 1. The van der Waals surface area contributed by atoms with Gasteiger partial charge in [-0.3, -0.25) is 10.1 Å². The van der Waals surface area contributed by atoms with Crippen molar-refractivity contribution in [3.63, 3.8) is 0 Å². The lowest BCUT2D eigenvalue weighted by Gasteiger charge is -2.30. The van der Waals surface area contributed by atoms with Gasteiger partial charge in [-0.1, -0.05) is 20.3 Å². The highest BCUT2D eigenvalue weighted by Crippen LogP contribution is 2.26. The molecule has 1 amide bonds. The van der Waals surface area contributed by atoms with E-state index in [9.17, 15) is 4.79 Å². The van der Waals surface area contributed by atoms with Gasteiger partial charge < -0.3 is 9.80 Å². The van der Waals surface area contributed by atoms with E-state index >= 15 is 0 Å². The minimum atomic E-state index is -0.369. The fourth-order valence-electron chi connectivity index (χ4n) is 2.38. The van der Waals surface area contributed by atoms with Crippen LogP contribution in [0.4, 0.5) is 0 Å². The molecule has 1 aliphatic heterocycles. The first-order valence-corrected chi connectivity index (χ1v) is 7.11. The lowest BCUT2D eigenvalue weighted by atomic mass is 9.99. The van der Waals surface area contributed by atoms with Crippen LogP contribution in [-0.2, 0) is 4.79 Å². The molecule has 1 aliphatic rings. The lowest BCUT2D eigenvalue weighted by molar-refractivity contribution is -0.133. The molecule has 0 saturated carbocycles. The topological polar surface area (TPSA) is 35.6 Å². The van der Waals surface area contributed by atoms with Crippen LogP contribution in [0.3, 0.4) is 0 Å². The Morgan fingerprint density at radius 1 is 1.44 bits per heavy atom. The smallest absolute Gasteiger partial charge is 0.243 e. The molecule has 0 aromatic carbocycles. The zero-order valence-electron chi connectivity index (χ0n) is 12.8. The molecule has 106 valence electrons. The quantitative estimate of drug-likeness (QED) is 0.784. The molecular formula is C14H29N3O. The fourth-order valence-corrected chi connectivity index (χ4v) is 2.38. The van der Waals surface area contributed by atoms with Crippen LogP contribution in [0.2, 0.25) is 0 Å². The number of amides is 1. The fraction of sp³-hybridized carbons (Fsp3) is 0.929. The molecule has 1 rings (SSSR count). The van der Waals surface area contributed by atoms with Crippen LogP contribution < -0.4 is 5.32 Å². The third-order valence-corrected chi connectivity index (χ3v) is 4.21. The van der Waals surface area contributed by atoms with Gasteiger partial charge in [0.2, 0.25) is 5.91 Å². The van der Waals surface area contributed by atoms with Crippen LogP contribution in [0.5, 0.6) is 0 Å². The van der Waals surface area contributed by atoms with Gasteiger partial charge in [-0.15, -0.1) is 0 Å². The maximum Gasteiger partial charge on any atom is 0.243 e. The molecule has 4 heteroatoms. The van der Waals surface area contributed by atoms with Crippen molar-refractivity contribution < 1.29 is 4.79 Å². The number of carbonyl (C=O) groups is 1. The molecule has 3 atom stereocenters. The third kappa shape index (κ3) is 3.04. The van der Waals surface area contributed by atoms with Crippen LogP contribution >= 0.6 is 0 Å². The van der Waals surface area contributed by atoms with E-state index < -0.39 is 0 Å². The minimum absolute atomic E-state index is 0.204. The first kappa shape index (κ1) is 15.4. The standard InChI is InChI=1S/C14H29N3O/c1-7-9-12-15-14(4,8-2)13(18)17(12)10-11(3)16(5)6/h11-12,15H,7-10H2,1-6H3. The van der Waals surface area contributed by atoms with Crippen LogP contribution in [0.25, 0.3) is 0 Å². The number of hydrogen-bond acceptors (Lipinski definition) is 3. The summed E-state index contributed by atoms with van der Waals surface area (Å²) in [7, 11) is 4.12. The zero-order valence-corrected chi connectivity index (χ0v) is 12.8. The molecular weight excluding hydrogens is 226 g/mol. The van der Waals surface area contributed by atoms with E-state index in [2.05, 4.69) is 45.1 Å². The largest absolute Gasteiger partial charge is 0.324 e. The Morgan fingerprint density at radius 2 is 2.06 bits per heavy atom. The van der Waals surface area contributed by atoms with E-state index in [1.165, 1.54) is 0 Å². The summed E-state index contributed by atoms with van der Waals surface area (Å²) in [6.45, 7) is 9.24. The van der Waals surface area contributed by atoms with Crippen molar-refractivity contribution in [1.29, 1.82) is 0 Å².